The fraction of sp³-hybridized carbons (Fsp3) is 0.375. The lowest BCUT2D eigenvalue weighted by atomic mass is 10.0. The predicted molar refractivity (Wildman–Crippen MR) is 89.3 cm³/mol. The Bertz CT molecular complexity index is 678. The largest absolute Gasteiger partial charge is 0.495 e. The number of ether oxygens (including phenoxy) is 2. The maximum Gasteiger partial charge on any atom is 0.233 e. The number of halogens is 2. The summed E-state index contributed by atoms with van der Waals surface area (Å²) in [5.41, 5.74) is 1.08. The first-order chi connectivity index (χ1) is 11.2. The van der Waals surface area contributed by atoms with E-state index in [2.05, 4.69) is 14.9 Å². The molecule has 23 heavy (non-hydrogen) atoms. The van der Waals surface area contributed by atoms with Gasteiger partial charge in [-0.25, -0.2) is 0 Å². The molecule has 0 bridgehead atoms. The van der Waals surface area contributed by atoms with Crippen molar-refractivity contribution < 1.29 is 9.47 Å². The van der Waals surface area contributed by atoms with E-state index in [4.69, 9.17) is 32.7 Å². The Kier molecular flexibility index (Phi) is 5.20. The number of rotatable bonds is 6. The average Bonchev–Trinajstić information content (AvgIpc) is 2.51. The number of aromatic nitrogens is 2. The SMILES string of the molecule is COc1cccc(CN2CC(COc3cncc(Cl)n3)C2)c1Cl. The first-order valence-electron chi connectivity index (χ1n) is 7.30. The normalized spacial score (nSPS) is 15.3. The minimum atomic E-state index is 0.338. The van der Waals surface area contributed by atoms with Gasteiger partial charge in [-0.1, -0.05) is 35.3 Å². The topological polar surface area (TPSA) is 47.5 Å². The van der Waals surface area contributed by atoms with Gasteiger partial charge in [0.05, 0.1) is 31.1 Å². The fourth-order valence-electron chi connectivity index (χ4n) is 2.59. The monoisotopic (exact) mass is 353 g/mol. The smallest absolute Gasteiger partial charge is 0.233 e. The van der Waals surface area contributed by atoms with Gasteiger partial charge in [-0.05, 0) is 11.6 Å². The maximum absolute atomic E-state index is 6.32. The molecule has 1 aliphatic heterocycles. The molecule has 0 N–H and O–H groups in total. The number of likely N-dealkylation sites (tertiary alicyclic amines) is 1. The highest BCUT2D eigenvalue weighted by atomic mass is 35.5. The summed E-state index contributed by atoms with van der Waals surface area (Å²) >= 11 is 12.1. The Morgan fingerprint density at radius 3 is 2.83 bits per heavy atom. The molecule has 0 unspecified atom stereocenters. The van der Waals surface area contributed by atoms with E-state index >= 15 is 0 Å². The molecule has 0 amide bonds. The van der Waals surface area contributed by atoms with Crippen molar-refractivity contribution in [2.75, 3.05) is 26.8 Å². The van der Waals surface area contributed by atoms with Crippen molar-refractivity contribution in [1.82, 2.24) is 14.9 Å². The number of hydrogen-bond donors (Lipinski definition) is 0. The second-order valence-electron chi connectivity index (χ2n) is 5.48. The fourth-order valence-corrected chi connectivity index (χ4v) is 2.99. The Balaban J connectivity index is 1.46. The third-order valence-corrected chi connectivity index (χ3v) is 4.35. The molecule has 5 nitrogen and oxygen atoms in total. The van der Waals surface area contributed by atoms with E-state index in [0.717, 1.165) is 25.2 Å². The van der Waals surface area contributed by atoms with Gasteiger partial charge >= 0.3 is 0 Å². The molecule has 0 radical (unpaired) electrons. The molecule has 1 aromatic carbocycles. The number of methoxy groups -OCH3 is 1. The van der Waals surface area contributed by atoms with Crippen molar-refractivity contribution >= 4 is 23.2 Å². The molecule has 1 aliphatic rings. The lowest BCUT2D eigenvalue weighted by molar-refractivity contribution is 0.0542. The van der Waals surface area contributed by atoms with E-state index in [-0.39, 0.29) is 0 Å². The quantitative estimate of drug-likeness (QED) is 0.797. The van der Waals surface area contributed by atoms with Crippen molar-refractivity contribution in [3.05, 3.63) is 46.3 Å². The van der Waals surface area contributed by atoms with Gasteiger partial charge in [0.15, 0.2) is 5.15 Å². The minimum Gasteiger partial charge on any atom is -0.495 e. The minimum absolute atomic E-state index is 0.338. The Hall–Kier alpha value is -1.56. The van der Waals surface area contributed by atoms with Crippen molar-refractivity contribution in [2.45, 2.75) is 6.54 Å². The molecule has 1 saturated heterocycles. The number of hydrogen-bond acceptors (Lipinski definition) is 5. The van der Waals surface area contributed by atoms with Gasteiger partial charge in [-0.3, -0.25) is 9.88 Å². The van der Waals surface area contributed by atoms with Crippen LogP contribution in [0.1, 0.15) is 5.56 Å². The van der Waals surface area contributed by atoms with Crippen LogP contribution in [0.3, 0.4) is 0 Å². The predicted octanol–water partition coefficient (Wildman–Crippen LogP) is 3.30. The summed E-state index contributed by atoms with van der Waals surface area (Å²) in [7, 11) is 1.63. The first kappa shape index (κ1) is 16.3. The van der Waals surface area contributed by atoms with Gasteiger partial charge in [0, 0.05) is 25.6 Å². The molecule has 2 aromatic rings. The van der Waals surface area contributed by atoms with Crippen LogP contribution in [0.5, 0.6) is 11.6 Å². The van der Waals surface area contributed by atoms with Crippen LogP contribution < -0.4 is 9.47 Å². The summed E-state index contributed by atoms with van der Waals surface area (Å²) in [6.07, 6.45) is 3.05. The van der Waals surface area contributed by atoms with Crippen molar-refractivity contribution in [3.8, 4) is 11.6 Å². The van der Waals surface area contributed by atoms with Gasteiger partial charge in [0.1, 0.15) is 5.75 Å². The number of nitrogens with zero attached hydrogens (tertiary/aromatic N) is 3. The lowest BCUT2D eigenvalue weighted by Crippen LogP contribution is -2.48. The standard InChI is InChI=1S/C16H17Cl2N3O2/c1-22-13-4-2-3-12(16(13)18)9-21-7-11(8-21)10-23-15-6-19-5-14(17)20-15/h2-6,11H,7-10H2,1H3. The van der Waals surface area contributed by atoms with E-state index in [0.29, 0.717) is 34.3 Å². The summed E-state index contributed by atoms with van der Waals surface area (Å²) in [6.45, 7) is 3.34. The van der Waals surface area contributed by atoms with Crippen LogP contribution in [0.25, 0.3) is 0 Å². The molecule has 0 spiro atoms. The summed E-state index contributed by atoms with van der Waals surface area (Å²) in [6, 6.07) is 5.85. The maximum atomic E-state index is 6.32. The lowest BCUT2D eigenvalue weighted by Gasteiger charge is -2.39. The summed E-state index contributed by atoms with van der Waals surface area (Å²) in [5, 5.41) is 1.02. The second-order valence-corrected chi connectivity index (χ2v) is 6.25. The van der Waals surface area contributed by atoms with Crippen molar-refractivity contribution in [2.24, 2.45) is 5.92 Å². The van der Waals surface area contributed by atoms with Crippen LogP contribution >= 0.6 is 23.2 Å². The zero-order valence-corrected chi connectivity index (χ0v) is 14.2. The molecule has 3 rings (SSSR count). The molecule has 0 atom stereocenters. The van der Waals surface area contributed by atoms with E-state index in [9.17, 15) is 0 Å². The summed E-state index contributed by atoms with van der Waals surface area (Å²) < 4.78 is 10.9. The Labute approximate surface area is 145 Å². The third-order valence-electron chi connectivity index (χ3n) is 3.74. The van der Waals surface area contributed by atoms with Crippen LogP contribution in [-0.4, -0.2) is 41.7 Å². The molecule has 0 aliphatic carbocycles. The molecule has 1 aromatic heterocycles. The van der Waals surface area contributed by atoms with Crippen LogP contribution in [-0.2, 0) is 6.54 Å². The van der Waals surface area contributed by atoms with Crippen molar-refractivity contribution in [1.29, 1.82) is 0 Å². The number of benzene rings is 1. The Morgan fingerprint density at radius 2 is 2.09 bits per heavy atom. The molecule has 1 fully saturated rings. The van der Waals surface area contributed by atoms with Gasteiger partial charge in [0.25, 0.3) is 0 Å². The summed E-state index contributed by atoms with van der Waals surface area (Å²) in [5.74, 6) is 1.65. The van der Waals surface area contributed by atoms with E-state index in [1.165, 1.54) is 6.20 Å². The van der Waals surface area contributed by atoms with Crippen LogP contribution in [0, 0.1) is 5.92 Å². The highest BCUT2D eigenvalue weighted by Gasteiger charge is 2.28. The third kappa shape index (κ3) is 4.05. The van der Waals surface area contributed by atoms with Crippen LogP contribution in [0.2, 0.25) is 10.2 Å². The average molecular weight is 354 g/mol. The highest BCUT2D eigenvalue weighted by Crippen LogP contribution is 2.30. The molecule has 0 saturated carbocycles. The molecular weight excluding hydrogens is 337 g/mol. The van der Waals surface area contributed by atoms with Crippen LogP contribution in [0.4, 0.5) is 0 Å². The zero-order valence-electron chi connectivity index (χ0n) is 12.7. The zero-order chi connectivity index (χ0) is 16.2. The first-order valence-corrected chi connectivity index (χ1v) is 8.05. The van der Waals surface area contributed by atoms with Crippen molar-refractivity contribution in [3.63, 3.8) is 0 Å². The van der Waals surface area contributed by atoms with E-state index < -0.39 is 0 Å². The van der Waals surface area contributed by atoms with Gasteiger partial charge < -0.3 is 9.47 Å². The molecule has 122 valence electrons. The molecular formula is C16H17Cl2N3O2. The van der Waals surface area contributed by atoms with E-state index in [1.54, 1.807) is 13.3 Å². The van der Waals surface area contributed by atoms with Gasteiger partial charge in [-0.15, -0.1) is 0 Å². The Morgan fingerprint density at radius 1 is 1.26 bits per heavy atom. The molecule has 2 heterocycles. The molecule has 7 heteroatoms. The van der Waals surface area contributed by atoms with Gasteiger partial charge in [0.2, 0.25) is 5.88 Å². The highest BCUT2D eigenvalue weighted by molar-refractivity contribution is 6.32. The second kappa shape index (κ2) is 7.34. The van der Waals surface area contributed by atoms with Gasteiger partial charge in [-0.2, -0.15) is 4.98 Å². The van der Waals surface area contributed by atoms with E-state index in [1.807, 2.05) is 18.2 Å². The summed E-state index contributed by atoms with van der Waals surface area (Å²) in [4.78, 5) is 10.3. The van der Waals surface area contributed by atoms with Crippen LogP contribution in [0.15, 0.2) is 30.6 Å².